The SMILES string of the molecule is N#Cc1ccccc1-c1ccc(C(=O)NCc2cncc(CO)c2)c(NCCc2cccc(F)c2)n1. The molecule has 0 bridgehead atoms. The molecule has 1 amide bonds. The van der Waals surface area contributed by atoms with Gasteiger partial charge in [-0.05, 0) is 59.5 Å². The predicted molar refractivity (Wildman–Crippen MR) is 134 cm³/mol. The standard InChI is InChI=1S/C28H24FN5O2/c29-23-6-3-4-19(13-23)10-11-32-27-25(28(36)33-17-20-12-21(18-35)16-31-15-20)8-9-26(34-27)24-7-2-1-5-22(24)14-30/h1-9,12-13,15-16,35H,10-11,17-18H2,(H,32,34)(H,33,36). The maximum Gasteiger partial charge on any atom is 0.255 e. The molecule has 8 heteroatoms. The Morgan fingerprint density at radius 2 is 1.83 bits per heavy atom. The van der Waals surface area contributed by atoms with Crippen LogP contribution in [0, 0.1) is 17.1 Å². The number of hydrogen-bond acceptors (Lipinski definition) is 6. The number of rotatable bonds is 9. The van der Waals surface area contributed by atoms with Gasteiger partial charge in [-0.15, -0.1) is 0 Å². The van der Waals surface area contributed by atoms with Crippen LogP contribution in [-0.2, 0) is 19.6 Å². The molecule has 0 unspecified atom stereocenters. The third kappa shape index (κ3) is 6.09. The lowest BCUT2D eigenvalue weighted by molar-refractivity contribution is 0.0951. The van der Waals surface area contributed by atoms with Crippen LogP contribution in [0.15, 0.2) is 79.1 Å². The van der Waals surface area contributed by atoms with E-state index in [-0.39, 0.29) is 24.9 Å². The highest BCUT2D eigenvalue weighted by atomic mass is 19.1. The Kier molecular flexibility index (Phi) is 7.96. The lowest BCUT2D eigenvalue weighted by Gasteiger charge is -2.14. The Morgan fingerprint density at radius 1 is 1.00 bits per heavy atom. The first-order valence-corrected chi connectivity index (χ1v) is 11.4. The highest BCUT2D eigenvalue weighted by molar-refractivity contribution is 5.99. The van der Waals surface area contributed by atoms with Crippen molar-refractivity contribution < 1.29 is 14.3 Å². The Hall–Kier alpha value is -4.61. The van der Waals surface area contributed by atoms with Crippen LogP contribution in [0.5, 0.6) is 0 Å². The largest absolute Gasteiger partial charge is 0.392 e. The Bertz CT molecular complexity index is 1420. The van der Waals surface area contributed by atoms with Gasteiger partial charge in [0.1, 0.15) is 11.6 Å². The van der Waals surface area contributed by atoms with E-state index in [0.29, 0.717) is 46.7 Å². The molecular weight excluding hydrogens is 457 g/mol. The number of hydrogen-bond donors (Lipinski definition) is 3. The fraction of sp³-hybridized carbons (Fsp3) is 0.143. The second-order valence-electron chi connectivity index (χ2n) is 8.10. The average molecular weight is 482 g/mol. The van der Waals surface area contributed by atoms with Gasteiger partial charge >= 0.3 is 0 Å². The van der Waals surface area contributed by atoms with E-state index in [2.05, 4.69) is 26.7 Å². The monoisotopic (exact) mass is 481 g/mol. The summed E-state index contributed by atoms with van der Waals surface area (Å²) in [6.07, 6.45) is 3.71. The minimum absolute atomic E-state index is 0.135. The minimum atomic E-state index is -0.342. The summed E-state index contributed by atoms with van der Waals surface area (Å²) in [5.41, 5.74) is 4.24. The quantitative estimate of drug-likeness (QED) is 0.330. The van der Waals surface area contributed by atoms with E-state index in [1.165, 1.54) is 12.1 Å². The second-order valence-corrected chi connectivity index (χ2v) is 8.10. The first-order chi connectivity index (χ1) is 17.6. The van der Waals surface area contributed by atoms with Gasteiger partial charge in [0.25, 0.3) is 5.91 Å². The summed E-state index contributed by atoms with van der Waals surface area (Å²) in [7, 11) is 0. The molecule has 4 rings (SSSR count). The lowest BCUT2D eigenvalue weighted by Crippen LogP contribution is -2.25. The fourth-order valence-electron chi connectivity index (χ4n) is 3.75. The maximum atomic E-state index is 13.5. The zero-order valence-corrected chi connectivity index (χ0v) is 19.4. The van der Waals surface area contributed by atoms with Crippen molar-refractivity contribution in [2.24, 2.45) is 0 Å². The van der Waals surface area contributed by atoms with E-state index in [9.17, 15) is 19.6 Å². The molecular formula is C28H24FN5O2. The molecule has 0 saturated carbocycles. The van der Waals surface area contributed by atoms with Crippen molar-refractivity contribution in [1.82, 2.24) is 15.3 Å². The number of anilines is 1. The molecule has 0 spiro atoms. The van der Waals surface area contributed by atoms with Gasteiger partial charge in [0, 0.05) is 31.0 Å². The van der Waals surface area contributed by atoms with Crippen molar-refractivity contribution >= 4 is 11.7 Å². The van der Waals surface area contributed by atoms with Gasteiger partial charge in [-0.25, -0.2) is 9.37 Å². The molecule has 180 valence electrons. The van der Waals surface area contributed by atoms with E-state index >= 15 is 0 Å². The highest BCUT2D eigenvalue weighted by Gasteiger charge is 2.16. The van der Waals surface area contributed by atoms with Gasteiger partial charge in [-0.1, -0.05) is 30.3 Å². The number of halogens is 1. The number of nitrogens with zero attached hydrogens (tertiary/aromatic N) is 3. The van der Waals surface area contributed by atoms with Gasteiger partial charge in [-0.2, -0.15) is 5.26 Å². The molecule has 0 radical (unpaired) electrons. The molecule has 0 saturated heterocycles. The molecule has 0 atom stereocenters. The third-order valence-electron chi connectivity index (χ3n) is 5.55. The van der Waals surface area contributed by atoms with Crippen molar-refractivity contribution in [3.63, 3.8) is 0 Å². The Balaban J connectivity index is 1.57. The van der Waals surface area contributed by atoms with Gasteiger partial charge in [0.2, 0.25) is 0 Å². The Labute approximate surface area is 208 Å². The van der Waals surface area contributed by atoms with Crippen LogP contribution in [0.4, 0.5) is 10.2 Å². The van der Waals surface area contributed by atoms with Crippen LogP contribution in [0.3, 0.4) is 0 Å². The fourth-order valence-corrected chi connectivity index (χ4v) is 3.75. The molecule has 2 heterocycles. The molecule has 0 fully saturated rings. The number of pyridine rings is 2. The van der Waals surface area contributed by atoms with Gasteiger partial charge in [0.15, 0.2) is 0 Å². The zero-order valence-electron chi connectivity index (χ0n) is 19.4. The lowest BCUT2D eigenvalue weighted by atomic mass is 10.0. The topological polar surface area (TPSA) is 111 Å². The number of carbonyl (C=O) groups excluding carboxylic acids is 1. The van der Waals surface area contributed by atoms with Crippen molar-refractivity contribution in [1.29, 1.82) is 5.26 Å². The zero-order chi connectivity index (χ0) is 25.3. The second kappa shape index (κ2) is 11.7. The molecule has 0 aliphatic carbocycles. The number of aliphatic hydroxyl groups is 1. The summed E-state index contributed by atoms with van der Waals surface area (Å²) in [4.78, 5) is 21.8. The average Bonchev–Trinajstić information content (AvgIpc) is 2.92. The van der Waals surface area contributed by atoms with Gasteiger partial charge in [0.05, 0.1) is 29.5 Å². The van der Waals surface area contributed by atoms with Crippen molar-refractivity contribution in [2.75, 3.05) is 11.9 Å². The number of amides is 1. The summed E-state index contributed by atoms with van der Waals surface area (Å²) < 4.78 is 13.5. The normalized spacial score (nSPS) is 10.5. The predicted octanol–water partition coefficient (Wildman–Crippen LogP) is 4.23. The number of nitrogens with one attached hydrogen (secondary N) is 2. The molecule has 36 heavy (non-hydrogen) atoms. The summed E-state index contributed by atoms with van der Waals surface area (Å²) in [5.74, 6) is -0.290. The summed E-state index contributed by atoms with van der Waals surface area (Å²) in [6.45, 7) is 0.508. The van der Waals surface area contributed by atoms with Crippen LogP contribution in [0.2, 0.25) is 0 Å². The van der Waals surface area contributed by atoms with E-state index in [1.54, 1.807) is 54.9 Å². The third-order valence-corrected chi connectivity index (χ3v) is 5.55. The number of aromatic nitrogens is 2. The van der Waals surface area contributed by atoms with Crippen LogP contribution < -0.4 is 10.6 Å². The van der Waals surface area contributed by atoms with Crippen molar-refractivity contribution in [3.8, 4) is 17.3 Å². The molecule has 2 aromatic carbocycles. The Morgan fingerprint density at radius 3 is 2.64 bits per heavy atom. The van der Waals surface area contributed by atoms with E-state index < -0.39 is 0 Å². The number of nitriles is 1. The molecule has 4 aromatic rings. The van der Waals surface area contributed by atoms with Crippen molar-refractivity contribution in [2.45, 2.75) is 19.6 Å². The van der Waals surface area contributed by atoms with E-state index in [4.69, 9.17) is 0 Å². The van der Waals surface area contributed by atoms with Gasteiger partial charge in [-0.3, -0.25) is 9.78 Å². The summed E-state index contributed by atoms with van der Waals surface area (Å²) in [5, 5.41) is 24.9. The van der Waals surface area contributed by atoms with Crippen LogP contribution >= 0.6 is 0 Å². The summed E-state index contributed by atoms with van der Waals surface area (Å²) >= 11 is 0. The molecule has 0 aliphatic rings. The van der Waals surface area contributed by atoms with Crippen LogP contribution in [-0.4, -0.2) is 27.5 Å². The molecule has 2 aromatic heterocycles. The van der Waals surface area contributed by atoms with Crippen LogP contribution in [0.25, 0.3) is 11.3 Å². The number of benzene rings is 2. The number of carbonyl (C=O) groups is 1. The smallest absolute Gasteiger partial charge is 0.255 e. The summed E-state index contributed by atoms with van der Waals surface area (Å²) in [6, 6.07) is 20.8. The molecule has 7 nitrogen and oxygen atoms in total. The highest BCUT2D eigenvalue weighted by Crippen LogP contribution is 2.25. The van der Waals surface area contributed by atoms with Crippen LogP contribution in [0.1, 0.15) is 32.6 Å². The minimum Gasteiger partial charge on any atom is -0.392 e. The first-order valence-electron chi connectivity index (χ1n) is 11.4. The molecule has 3 N–H and O–H groups in total. The van der Waals surface area contributed by atoms with E-state index in [0.717, 1.165) is 11.1 Å². The van der Waals surface area contributed by atoms with E-state index in [1.807, 2.05) is 12.1 Å². The number of aliphatic hydroxyl groups excluding tert-OH is 1. The maximum absolute atomic E-state index is 13.5. The molecule has 0 aliphatic heterocycles. The first kappa shape index (κ1) is 24.5. The van der Waals surface area contributed by atoms with Crippen molar-refractivity contribution in [3.05, 3.63) is 113 Å². The van der Waals surface area contributed by atoms with Gasteiger partial charge < -0.3 is 15.7 Å².